The second-order valence-electron chi connectivity index (χ2n) is 4.68. The topological polar surface area (TPSA) is 36.4 Å². The SMILES string of the molecule is CC1CCCCCN1c1cc(CO)c(Cl)cn1. The second-order valence-corrected chi connectivity index (χ2v) is 5.09. The van der Waals surface area contributed by atoms with Gasteiger partial charge in [0.1, 0.15) is 5.82 Å². The zero-order valence-corrected chi connectivity index (χ0v) is 11.0. The van der Waals surface area contributed by atoms with Crippen LogP contribution in [0.4, 0.5) is 5.82 Å². The molecule has 2 heterocycles. The van der Waals surface area contributed by atoms with E-state index in [9.17, 15) is 5.11 Å². The lowest BCUT2D eigenvalue weighted by atomic mass is 10.1. The first kappa shape index (κ1) is 12.7. The van der Waals surface area contributed by atoms with Crippen molar-refractivity contribution in [2.45, 2.75) is 45.3 Å². The molecular weight excluding hydrogens is 236 g/mol. The molecule has 0 saturated carbocycles. The molecule has 0 spiro atoms. The number of hydrogen-bond acceptors (Lipinski definition) is 3. The van der Waals surface area contributed by atoms with Gasteiger partial charge in [0, 0.05) is 24.3 Å². The summed E-state index contributed by atoms with van der Waals surface area (Å²) in [5.74, 6) is 0.938. The maximum atomic E-state index is 9.23. The molecule has 0 bridgehead atoms. The van der Waals surface area contributed by atoms with Crippen LogP contribution in [0, 0.1) is 0 Å². The Kier molecular flexibility index (Phi) is 4.24. The quantitative estimate of drug-likeness (QED) is 0.882. The summed E-state index contributed by atoms with van der Waals surface area (Å²) in [6.07, 6.45) is 6.64. The average Bonchev–Trinajstić information content (AvgIpc) is 2.55. The van der Waals surface area contributed by atoms with Crippen LogP contribution in [0.5, 0.6) is 0 Å². The normalized spacial score (nSPS) is 21.4. The van der Waals surface area contributed by atoms with Gasteiger partial charge in [-0.2, -0.15) is 0 Å². The number of aliphatic hydroxyl groups excluding tert-OH is 1. The monoisotopic (exact) mass is 254 g/mol. The summed E-state index contributed by atoms with van der Waals surface area (Å²) in [5.41, 5.74) is 0.758. The van der Waals surface area contributed by atoms with E-state index < -0.39 is 0 Å². The maximum absolute atomic E-state index is 9.23. The van der Waals surface area contributed by atoms with Gasteiger partial charge < -0.3 is 10.0 Å². The van der Waals surface area contributed by atoms with Gasteiger partial charge in [-0.15, -0.1) is 0 Å². The summed E-state index contributed by atoms with van der Waals surface area (Å²) in [7, 11) is 0. The molecule has 94 valence electrons. The minimum absolute atomic E-state index is 0.0312. The highest BCUT2D eigenvalue weighted by molar-refractivity contribution is 6.31. The number of aliphatic hydroxyl groups is 1. The van der Waals surface area contributed by atoms with E-state index in [2.05, 4.69) is 16.8 Å². The number of pyridine rings is 1. The van der Waals surface area contributed by atoms with E-state index in [0.29, 0.717) is 11.1 Å². The smallest absolute Gasteiger partial charge is 0.129 e. The molecular formula is C13H19ClN2O. The van der Waals surface area contributed by atoms with Crippen molar-refractivity contribution in [1.82, 2.24) is 4.98 Å². The van der Waals surface area contributed by atoms with Gasteiger partial charge in [0.05, 0.1) is 11.6 Å². The van der Waals surface area contributed by atoms with E-state index in [4.69, 9.17) is 11.6 Å². The number of anilines is 1. The number of hydrogen-bond donors (Lipinski definition) is 1. The van der Waals surface area contributed by atoms with Crippen molar-refractivity contribution in [3.8, 4) is 0 Å². The van der Waals surface area contributed by atoms with Gasteiger partial charge in [-0.25, -0.2) is 4.98 Å². The molecule has 0 aromatic carbocycles. The average molecular weight is 255 g/mol. The van der Waals surface area contributed by atoms with Gasteiger partial charge in [0.2, 0.25) is 0 Å². The second kappa shape index (κ2) is 5.69. The number of aromatic nitrogens is 1. The van der Waals surface area contributed by atoms with Crippen molar-refractivity contribution < 1.29 is 5.11 Å². The maximum Gasteiger partial charge on any atom is 0.129 e. The molecule has 1 aromatic rings. The van der Waals surface area contributed by atoms with Crippen LogP contribution in [0.2, 0.25) is 5.02 Å². The van der Waals surface area contributed by atoms with Crippen molar-refractivity contribution in [3.05, 3.63) is 22.8 Å². The molecule has 1 atom stereocenters. The molecule has 0 radical (unpaired) electrons. The number of halogens is 1. The first-order valence-electron chi connectivity index (χ1n) is 6.24. The highest BCUT2D eigenvalue weighted by Gasteiger charge is 2.18. The van der Waals surface area contributed by atoms with Crippen LogP contribution in [0.15, 0.2) is 12.3 Å². The molecule has 1 N–H and O–H groups in total. The van der Waals surface area contributed by atoms with Crippen LogP contribution in [0.3, 0.4) is 0 Å². The Bertz CT molecular complexity index is 384. The van der Waals surface area contributed by atoms with E-state index in [0.717, 1.165) is 17.9 Å². The largest absolute Gasteiger partial charge is 0.392 e. The van der Waals surface area contributed by atoms with E-state index in [1.807, 2.05) is 6.07 Å². The summed E-state index contributed by atoms with van der Waals surface area (Å²) in [5, 5.41) is 9.77. The molecule has 2 rings (SSSR count). The lowest BCUT2D eigenvalue weighted by Gasteiger charge is -2.28. The Morgan fingerprint density at radius 2 is 2.29 bits per heavy atom. The van der Waals surface area contributed by atoms with E-state index in [1.54, 1.807) is 6.20 Å². The van der Waals surface area contributed by atoms with E-state index in [-0.39, 0.29) is 6.61 Å². The van der Waals surface area contributed by atoms with Crippen molar-refractivity contribution in [2.75, 3.05) is 11.4 Å². The number of rotatable bonds is 2. The fourth-order valence-corrected chi connectivity index (χ4v) is 2.52. The van der Waals surface area contributed by atoms with Crippen LogP contribution in [0.25, 0.3) is 0 Å². The third-order valence-electron chi connectivity index (χ3n) is 3.44. The minimum Gasteiger partial charge on any atom is -0.392 e. The molecule has 1 fully saturated rings. The summed E-state index contributed by atoms with van der Waals surface area (Å²) in [6, 6.07) is 2.42. The molecule has 1 saturated heterocycles. The summed E-state index contributed by atoms with van der Waals surface area (Å²) < 4.78 is 0. The molecule has 4 heteroatoms. The van der Waals surface area contributed by atoms with Crippen LogP contribution in [-0.4, -0.2) is 22.7 Å². The highest BCUT2D eigenvalue weighted by atomic mass is 35.5. The predicted octanol–water partition coefficient (Wildman–Crippen LogP) is 3.00. The molecule has 17 heavy (non-hydrogen) atoms. The zero-order chi connectivity index (χ0) is 12.3. The van der Waals surface area contributed by atoms with E-state index in [1.165, 1.54) is 25.7 Å². The highest BCUT2D eigenvalue weighted by Crippen LogP contribution is 2.25. The van der Waals surface area contributed by atoms with Crippen LogP contribution < -0.4 is 4.90 Å². The lowest BCUT2D eigenvalue weighted by molar-refractivity contribution is 0.282. The third-order valence-corrected chi connectivity index (χ3v) is 3.78. The van der Waals surface area contributed by atoms with Crippen LogP contribution in [0.1, 0.15) is 38.2 Å². The van der Waals surface area contributed by atoms with Gasteiger partial charge >= 0.3 is 0 Å². The lowest BCUT2D eigenvalue weighted by Crippen LogP contribution is -2.33. The molecule has 0 amide bonds. The zero-order valence-electron chi connectivity index (χ0n) is 10.2. The number of nitrogens with zero attached hydrogens (tertiary/aromatic N) is 2. The van der Waals surface area contributed by atoms with Gasteiger partial charge in [0.15, 0.2) is 0 Å². The summed E-state index contributed by atoms with van der Waals surface area (Å²) >= 11 is 5.96. The Morgan fingerprint density at radius 1 is 1.47 bits per heavy atom. The van der Waals surface area contributed by atoms with Crippen molar-refractivity contribution in [2.24, 2.45) is 0 Å². The molecule has 1 aliphatic heterocycles. The Balaban J connectivity index is 2.25. The van der Waals surface area contributed by atoms with Gasteiger partial charge in [-0.05, 0) is 25.8 Å². The first-order chi connectivity index (χ1) is 8.22. The third kappa shape index (κ3) is 2.90. The summed E-state index contributed by atoms with van der Waals surface area (Å²) in [4.78, 5) is 6.71. The Hall–Kier alpha value is -0.800. The standard InChI is InChI=1S/C13H19ClN2O/c1-10-5-3-2-4-6-16(10)13-7-11(9-17)12(14)8-15-13/h7-8,10,17H,2-6,9H2,1H3. The van der Waals surface area contributed by atoms with Crippen LogP contribution in [-0.2, 0) is 6.61 Å². The van der Waals surface area contributed by atoms with Crippen molar-refractivity contribution in [1.29, 1.82) is 0 Å². The summed E-state index contributed by atoms with van der Waals surface area (Å²) in [6.45, 7) is 3.25. The van der Waals surface area contributed by atoms with Gasteiger partial charge in [-0.3, -0.25) is 0 Å². The molecule has 1 aromatic heterocycles. The Morgan fingerprint density at radius 3 is 3.06 bits per heavy atom. The van der Waals surface area contributed by atoms with Gasteiger partial charge in [-0.1, -0.05) is 24.4 Å². The van der Waals surface area contributed by atoms with E-state index >= 15 is 0 Å². The fraction of sp³-hybridized carbons (Fsp3) is 0.615. The first-order valence-corrected chi connectivity index (χ1v) is 6.62. The van der Waals surface area contributed by atoms with Gasteiger partial charge in [0.25, 0.3) is 0 Å². The molecule has 1 aliphatic rings. The molecule has 3 nitrogen and oxygen atoms in total. The minimum atomic E-state index is -0.0312. The molecule has 0 aliphatic carbocycles. The van der Waals surface area contributed by atoms with Crippen molar-refractivity contribution in [3.63, 3.8) is 0 Å². The van der Waals surface area contributed by atoms with Crippen LogP contribution >= 0.6 is 11.6 Å². The Labute approximate surface area is 107 Å². The fourth-order valence-electron chi connectivity index (χ4n) is 2.36. The predicted molar refractivity (Wildman–Crippen MR) is 70.4 cm³/mol. The van der Waals surface area contributed by atoms with Crippen molar-refractivity contribution >= 4 is 17.4 Å². The molecule has 1 unspecified atom stereocenters.